The molecular weight excluding hydrogens is 228 g/mol. The van der Waals surface area contributed by atoms with Gasteiger partial charge in [0.05, 0.1) is 11.8 Å². The van der Waals surface area contributed by atoms with Crippen LogP contribution in [0.5, 0.6) is 0 Å². The van der Waals surface area contributed by atoms with Gasteiger partial charge in [-0.15, -0.1) is 0 Å². The fraction of sp³-hybridized carbons (Fsp3) is 0.467. The Bertz CT molecular complexity index is 522. The predicted octanol–water partition coefficient (Wildman–Crippen LogP) is 2.13. The van der Waals surface area contributed by atoms with Crippen molar-refractivity contribution in [3.63, 3.8) is 0 Å². The molecule has 2 aliphatic carbocycles. The van der Waals surface area contributed by atoms with Crippen LogP contribution in [0, 0.1) is 23.7 Å². The molecule has 0 spiro atoms. The van der Waals surface area contributed by atoms with E-state index < -0.39 is 0 Å². The number of hydrogen-bond donors (Lipinski definition) is 0. The number of ether oxygens (including phenoxy) is 1. The van der Waals surface area contributed by atoms with Crippen molar-refractivity contribution in [2.75, 3.05) is 0 Å². The van der Waals surface area contributed by atoms with Crippen molar-refractivity contribution >= 4 is 11.9 Å². The van der Waals surface area contributed by atoms with Crippen molar-refractivity contribution in [1.29, 1.82) is 0 Å². The van der Waals surface area contributed by atoms with Gasteiger partial charge in [-0.3, -0.25) is 9.59 Å². The lowest BCUT2D eigenvalue weighted by atomic mass is 9.73. The van der Waals surface area contributed by atoms with E-state index in [1.807, 2.05) is 18.2 Å². The molecule has 2 saturated carbocycles. The van der Waals surface area contributed by atoms with E-state index in [9.17, 15) is 9.59 Å². The van der Waals surface area contributed by atoms with Crippen LogP contribution in [0.3, 0.4) is 0 Å². The molecule has 1 heterocycles. The zero-order valence-corrected chi connectivity index (χ0v) is 9.91. The molecule has 1 saturated heterocycles. The zero-order valence-electron chi connectivity index (χ0n) is 9.91. The van der Waals surface area contributed by atoms with Gasteiger partial charge >= 0.3 is 11.9 Å². The quantitative estimate of drug-likeness (QED) is 0.559. The Morgan fingerprint density at radius 2 is 1.67 bits per heavy atom. The molecule has 92 valence electrons. The van der Waals surface area contributed by atoms with E-state index in [0.717, 1.165) is 12.8 Å². The highest BCUT2D eigenvalue weighted by atomic mass is 16.6. The molecule has 0 N–H and O–H groups in total. The SMILES string of the molecule is O=C1OC(=O)[C@H]2C3CC(C[C@H]3c3ccccc3)[C@@H]12. The van der Waals surface area contributed by atoms with Gasteiger partial charge in [0.25, 0.3) is 0 Å². The number of esters is 2. The van der Waals surface area contributed by atoms with Gasteiger partial charge in [-0.1, -0.05) is 30.3 Å². The minimum absolute atomic E-state index is 0.137. The molecular formula is C15H14O3. The first-order valence-corrected chi connectivity index (χ1v) is 6.56. The van der Waals surface area contributed by atoms with Crippen LogP contribution in [0.25, 0.3) is 0 Å². The Morgan fingerprint density at radius 3 is 2.44 bits per heavy atom. The number of cyclic esters (lactones) is 2. The second-order valence-corrected chi connectivity index (χ2v) is 5.70. The topological polar surface area (TPSA) is 43.4 Å². The van der Waals surface area contributed by atoms with Gasteiger partial charge < -0.3 is 4.74 Å². The second kappa shape index (κ2) is 3.44. The predicted molar refractivity (Wildman–Crippen MR) is 63.5 cm³/mol. The standard InChI is InChI=1S/C15H14O3/c16-14-12-9-6-10(8-4-2-1-3-5-8)11(7-9)13(12)15(17)18-14/h1-5,9-13H,6-7H2/t9?,10-,11?,12+,13-/m0/s1. The first kappa shape index (κ1) is 10.3. The smallest absolute Gasteiger partial charge is 0.317 e. The summed E-state index contributed by atoms with van der Waals surface area (Å²) >= 11 is 0. The maximum atomic E-state index is 11.8. The van der Waals surface area contributed by atoms with E-state index in [-0.39, 0.29) is 23.8 Å². The Kier molecular flexibility index (Phi) is 1.97. The molecule has 0 aromatic heterocycles. The summed E-state index contributed by atoms with van der Waals surface area (Å²) in [4.78, 5) is 23.4. The lowest BCUT2D eigenvalue weighted by Gasteiger charge is -2.27. The zero-order chi connectivity index (χ0) is 12.3. The summed E-state index contributed by atoms with van der Waals surface area (Å²) in [6.07, 6.45) is 2.04. The summed E-state index contributed by atoms with van der Waals surface area (Å²) in [6, 6.07) is 10.3. The lowest BCUT2D eigenvalue weighted by Crippen LogP contribution is -2.29. The van der Waals surface area contributed by atoms with Crippen LogP contribution in [-0.2, 0) is 14.3 Å². The first-order valence-electron chi connectivity index (χ1n) is 6.56. The number of benzene rings is 1. The minimum atomic E-state index is -0.280. The number of rotatable bonds is 1. The van der Waals surface area contributed by atoms with Crippen LogP contribution in [0.2, 0.25) is 0 Å². The van der Waals surface area contributed by atoms with E-state index in [1.54, 1.807) is 0 Å². The molecule has 3 aliphatic rings. The molecule has 3 fully saturated rings. The summed E-state index contributed by atoms with van der Waals surface area (Å²) in [6.45, 7) is 0. The minimum Gasteiger partial charge on any atom is -0.393 e. The van der Waals surface area contributed by atoms with Gasteiger partial charge in [-0.05, 0) is 36.2 Å². The molecule has 3 nitrogen and oxygen atoms in total. The van der Waals surface area contributed by atoms with E-state index in [4.69, 9.17) is 4.74 Å². The Morgan fingerprint density at radius 1 is 0.944 bits per heavy atom. The number of carbonyl (C=O) groups excluding carboxylic acids is 2. The van der Waals surface area contributed by atoms with E-state index in [1.165, 1.54) is 5.56 Å². The largest absolute Gasteiger partial charge is 0.393 e. The third-order valence-electron chi connectivity index (χ3n) is 4.98. The Balaban J connectivity index is 1.70. The third kappa shape index (κ3) is 1.19. The molecule has 18 heavy (non-hydrogen) atoms. The Hall–Kier alpha value is -1.64. The molecule has 2 bridgehead atoms. The monoisotopic (exact) mass is 242 g/mol. The van der Waals surface area contributed by atoms with E-state index >= 15 is 0 Å². The molecule has 0 radical (unpaired) electrons. The lowest BCUT2D eigenvalue weighted by molar-refractivity contribution is -0.154. The third-order valence-corrected chi connectivity index (χ3v) is 4.98. The molecule has 0 amide bonds. The average Bonchev–Trinajstić information content (AvgIpc) is 3.03. The van der Waals surface area contributed by atoms with Gasteiger partial charge in [0.15, 0.2) is 0 Å². The molecule has 2 unspecified atom stereocenters. The van der Waals surface area contributed by atoms with Crippen LogP contribution in [0.15, 0.2) is 30.3 Å². The fourth-order valence-corrected chi connectivity index (χ4v) is 4.34. The summed E-state index contributed by atoms with van der Waals surface area (Å²) in [5.74, 6) is 0.229. The maximum absolute atomic E-state index is 11.8. The average molecular weight is 242 g/mol. The van der Waals surface area contributed by atoms with Crippen molar-refractivity contribution in [1.82, 2.24) is 0 Å². The van der Waals surface area contributed by atoms with Crippen molar-refractivity contribution in [3.8, 4) is 0 Å². The second-order valence-electron chi connectivity index (χ2n) is 5.70. The normalized spacial score (nSPS) is 41.0. The fourth-order valence-electron chi connectivity index (χ4n) is 4.34. The highest BCUT2D eigenvalue weighted by Crippen LogP contribution is 2.61. The van der Waals surface area contributed by atoms with Crippen molar-refractivity contribution in [2.45, 2.75) is 18.8 Å². The Labute approximate surface area is 105 Å². The summed E-state index contributed by atoms with van der Waals surface area (Å²) < 4.78 is 4.82. The van der Waals surface area contributed by atoms with Gasteiger partial charge in [0.1, 0.15) is 0 Å². The van der Waals surface area contributed by atoms with Gasteiger partial charge in [-0.2, -0.15) is 0 Å². The van der Waals surface area contributed by atoms with E-state index in [0.29, 0.717) is 17.8 Å². The summed E-state index contributed by atoms with van der Waals surface area (Å²) in [5, 5.41) is 0. The van der Waals surface area contributed by atoms with E-state index in [2.05, 4.69) is 12.1 Å². The summed E-state index contributed by atoms with van der Waals surface area (Å²) in [5.41, 5.74) is 1.30. The molecule has 4 rings (SSSR count). The van der Waals surface area contributed by atoms with Crippen LogP contribution in [0.4, 0.5) is 0 Å². The van der Waals surface area contributed by atoms with Crippen molar-refractivity contribution in [3.05, 3.63) is 35.9 Å². The van der Waals surface area contributed by atoms with Gasteiger partial charge in [0.2, 0.25) is 0 Å². The molecule has 1 aliphatic heterocycles. The van der Waals surface area contributed by atoms with Crippen LogP contribution in [-0.4, -0.2) is 11.9 Å². The molecule has 1 aromatic carbocycles. The summed E-state index contributed by atoms with van der Waals surface area (Å²) in [7, 11) is 0. The van der Waals surface area contributed by atoms with Crippen molar-refractivity contribution < 1.29 is 14.3 Å². The highest BCUT2D eigenvalue weighted by molar-refractivity contribution is 5.97. The number of fused-ring (bicyclic) bond motifs is 5. The van der Waals surface area contributed by atoms with Crippen molar-refractivity contribution in [2.24, 2.45) is 23.7 Å². The van der Waals surface area contributed by atoms with Gasteiger partial charge in [0, 0.05) is 0 Å². The van der Waals surface area contributed by atoms with Crippen LogP contribution < -0.4 is 0 Å². The van der Waals surface area contributed by atoms with Crippen LogP contribution >= 0.6 is 0 Å². The van der Waals surface area contributed by atoms with Crippen LogP contribution in [0.1, 0.15) is 24.3 Å². The molecule has 3 heteroatoms. The maximum Gasteiger partial charge on any atom is 0.317 e. The number of hydrogen-bond acceptors (Lipinski definition) is 3. The highest BCUT2D eigenvalue weighted by Gasteiger charge is 2.62. The first-order chi connectivity index (χ1) is 8.75. The van der Waals surface area contributed by atoms with Gasteiger partial charge in [-0.25, -0.2) is 0 Å². The number of carbonyl (C=O) groups is 2. The molecule has 1 aromatic rings. The molecule has 5 atom stereocenters.